The normalized spacial score (nSPS) is 10.5. The summed E-state index contributed by atoms with van der Waals surface area (Å²) in [5.41, 5.74) is 0.567. The molecule has 0 fully saturated rings. The lowest BCUT2D eigenvalue weighted by atomic mass is 10.1. The van der Waals surface area contributed by atoms with E-state index in [9.17, 15) is 4.79 Å². The molecule has 0 aromatic heterocycles. The Morgan fingerprint density at radius 3 is 2.31 bits per heavy atom. The summed E-state index contributed by atoms with van der Waals surface area (Å²) in [6.07, 6.45) is 2.54. The van der Waals surface area contributed by atoms with Gasteiger partial charge in [0.25, 0.3) is 0 Å². The van der Waals surface area contributed by atoms with Gasteiger partial charge in [-0.1, -0.05) is 36.4 Å². The maximum absolute atomic E-state index is 10.8. The van der Waals surface area contributed by atoms with Gasteiger partial charge in [-0.3, -0.25) is 4.79 Å². The van der Waals surface area contributed by atoms with Crippen LogP contribution in [0.25, 0.3) is 10.8 Å². The molecule has 0 aliphatic carbocycles. The van der Waals surface area contributed by atoms with E-state index >= 15 is 0 Å². The molecular formula is C22H22O4. The van der Waals surface area contributed by atoms with Crippen LogP contribution < -0.4 is 14.2 Å². The van der Waals surface area contributed by atoms with Crippen LogP contribution >= 0.6 is 0 Å². The molecule has 0 unspecified atom stereocenters. The minimum absolute atomic E-state index is 0.565. The number of aldehydes is 1. The molecule has 4 nitrogen and oxygen atoms in total. The highest BCUT2D eigenvalue weighted by molar-refractivity contribution is 5.88. The highest BCUT2D eigenvalue weighted by Crippen LogP contribution is 2.28. The summed E-state index contributed by atoms with van der Waals surface area (Å²) in [5, 5.41) is 2.31. The molecule has 0 heterocycles. The van der Waals surface area contributed by atoms with Crippen molar-refractivity contribution in [3.8, 4) is 17.2 Å². The van der Waals surface area contributed by atoms with E-state index in [4.69, 9.17) is 14.2 Å². The van der Waals surface area contributed by atoms with Crippen molar-refractivity contribution in [3.63, 3.8) is 0 Å². The fraction of sp³-hybridized carbons (Fsp3) is 0.227. The van der Waals surface area contributed by atoms with Crippen LogP contribution in [0.4, 0.5) is 0 Å². The van der Waals surface area contributed by atoms with E-state index in [-0.39, 0.29) is 0 Å². The molecule has 0 saturated carbocycles. The number of hydrogen-bond donors (Lipinski definition) is 0. The first-order chi connectivity index (χ1) is 12.8. The largest absolute Gasteiger partial charge is 0.493 e. The summed E-state index contributed by atoms with van der Waals surface area (Å²) < 4.78 is 16.9. The van der Waals surface area contributed by atoms with Gasteiger partial charge in [0.1, 0.15) is 12.0 Å². The van der Waals surface area contributed by atoms with E-state index in [1.54, 1.807) is 25.3 Å². The van der Waals surface area contributed by atoms with Crippen molar-refractivity contribution < 1.29 is 19.0 Å². The summed E-state index contributed by atoms with van der Waals surface area (Å²) in [6.45, 7) is 1.20. The van der Waals surface area contributed by atoms with Crippen LogP contribution in [0.1, 0.15) is 23.2 Å². The second kappa shape index (κ2) is 8.90. The van der Waals surface area contributed by atoms with Crippen molar-refractivity contribution in [3.05, 3.63) is 66.2 Å². The van der Waals surface area contributed by atoms with Crippen LogP contribution in [0.15, 0.2) is 60.7 Å². The highest BCUT2D eigenvalue weighted by Gasteiger charge is 2.06. The topological polar surface area (TPSA) is 44.8 Å². The first-order valence-electron chi connectivity index (χ1n) is 8.68. The van der Waals surface area contributed by atoms with E-state index in [1.165, 1.54) is 5.39 Å². The summed E-state index contributed by atoms with van der Waals surface area (Å²) >= 11 is 0. The molecule has 134 valence electrons. The van der Waals surface area contributed by atoms with Crippen molar-refractivity contribution in [1.82, 2.24) is 0 Å². The number of methoxy groups -OCH3 is 1. The third-order valence-electron chi connectivity index (χ3n) is 4.13. The standard InChI is InChI=1S/C22H22O4/c1-24-22-15-17(16-23)11-12-21(22)26-14-5-4-13-25-20-10-6-8-18-7-2-3-9-19(18)20/h2-3,6-12,15-16H,4-5,13-14H2,1H3. The quantitative estimate of drug-likeness (QED) is 0.407. The van der Waals surface area contributed by atoms with E-state index in [0.717, 1.165) is 30.3 Å². The zero-order valence-electron chi connectivity index (χ0n) is 14.8. The van der Waals surface area contributed by atoms with Gasteiger partial charge in [0, 0.05) is 10.9 Å². The average molecular weight is 350 g/mol. The van der Waals surface area contributed by atoms with Gasteiger partial charge in [-0.2, -0.15) is 0 Å². The van der Waals surface area contributed by atoms with Crippen molar-refractivity contribution in [2.45, 2.75) is 12.8 Å². The van der Waals surface area contributed by atoms with Crippen molar-refractivity contribution in [2.24, 2.45) is 0 Å². The van der Waals surface area contributed by atoms with Crippen LogP contribution in [-0.2, 0) is 0 Å². The van der Waals surface area contributed by atoms with E-state index in [1.807, 2.05) is 24.3 Å². The Morgan fingerprint density at radius 1 is 0.808 bits per heavy atom. The number of benzene rings is 3. The lowest BCUT2D eigenvalue weighted by molar-refractivity contribution is 0.112. The van der Waals surface area contributed by atoms with E-state index in [0.29, 0.717) is 30.3 Å². The Kier molecular flexibility index (Phi) is 6.09. The molecule has 0 amide bonds. The SMILES string of the molecule is COc1cc(C=O)ccc1OCCCCOc1cccc2ccccc12. The number of ether oxygens (including phenoxy) is 3. The van der Waals surface area contributed by atoms with Gasteiger partial charge in [0.15, 0.2) is 11.5 Å². The summed E-state index contributed by atoms with van der Waals surface area (Å²) in [6, 6.07) is 19.4. The molecule has 3 rings (SSSR count). The van der Waals surface area contributed by atoms with Crippen molar-refractivity contribution in [1.29, 1.82) is 0 Å². The number of carbonyl (C=O) groups is 1. The second-order valence-corrected chi connectivity index (χ2v) is 5.91. The monoisotopic (exact) mass is 350 g/mol. The summed E-state index contributed by atoms with van der Waals surface area (Å²) in [7, 11) is 1.56. The Bertz CT molecular complexity index is 868. The van der Waals surface area contributed by atoms with Gasteiger partial charge in [-0.25, -0.2) is 0 Å². The minimum atomic E-state index is 0.565. The Labute approximate surface area is 153 Å². The Hall–Kier alpha value is -3.01. The molecular weight excluding hydrogens is 328 g/mol. The molecule has 0 bridgehead atoms. The lowest BCUT2D eigenvalue weighted by Crippen LogP contribution is -2.03. The first kappa shape index (κ1) is 17.8. The summed E-state index contributed by atoms with van der Waals surface area (Å²) in [5.74, 6) is 2.13. The van der Waals surface area contributed by atoms with Crippen LogP contribution in [0, 0.1) is 0 Å². The highest BCUT2D eigenvalue weighted by atomic mass is 16.5. The molecule has 26 heavy (non-hydrogen) atoms. The number of unbranched alkanes of at least 4 members (excludes halogenated alkanes) is 1. The zero-order valence-corrected chi connectivity index (χ0v) is 14.8. The maximum atomic E-state index is 10.8. The number of rotatable bonds is 9. The molecule has 0 N–H and O–H groups in total. The van der Waals surface area contributed by atoms with Gasteiger partial charge < -0.3 is 14.2 Å². The van der Waals surface area contributed by atoms with Gasteiger partial charge >= 0.3 is 0 Å². The van der Waals surface area contributed by atoms with Crippen LogP contribution in [0.5, 0.6) is 17.2 Å². The molecule has 3 aromatic carbocycles. The fourth-order valence-corrected chi connectivity index (χ4v) is 2.77. The van der Waals surface area contributed by atoms with Crippen LogP contribution in [0.3, 0.4) is 0 Å². The molecule has 3 aromatic rings. The smallest absolute Gasteiger partial charge is 0.161 e. The predicted molar refractivity (Wildman–Crippen MR) is 103 cm³/mol. The number of carbonyl (C=O) groups excluding carboxylic acids is 1. The molecule has 0 atom stereocenters. The zero-order chi connectivity index (χ0) is 18.2. The molecule has 4 heteroatoms. The fourth-order valence-electron chi connectivity index (χ4n) is 2.77. The van der Waals surface area contributed by atoms with Gasteiger partial charge in [0.2, 0.25) is 0 Å². The molecule has 0 aliphatic rings. The number of fused-ring (bicyclic) bond motifs is 1. The third kappa shape index (κ3) is 4.33. The average Bonchev–Trinajstić information content (AvgIpc) is 2.70. The van der Waals surface area contributed by atoms with Crippen molar-refractivity contribution in [2.75, 3.05) is 20.3 Å². The summed E-state index contributed by atoms with van der Waals surface area (Å²) in [4.78, 5) is 10.8. The Morgan fingerprint density at radius 2 is 1.54 bits per heavy atom. The minimum Gasteiger partial charge on any atom is -0.493 e. The van der Waals surface area contributed by atoms with E-state index < -0.39 is 0 Å². The van der Waals surface area contributed by atoms with E-state index in [2.05, 4.69) is 18.2 Å². The second-order valence-electron chi connectivity index (χ2n) is 5.91. The predicted octanol–water partition coefficient (Wildman–Crippen LogP) is 4.90. The molecule has 0 aliphatic heterocycles. The molecule has 0 radical (unpaired) electrons. The first-order valence-corrected chi connectivity index (χ1v) is 8.68. The van der Waals surface area contributed by atoms with Gasteiger partial charge in [0.05, 0.1) is 20.3 Å². The number of hydrogen-bond acceptors (Lipinski definition) is 4. The Balaban J connectivity index is 1.45. The van der Waals surface area contributed by atoms with Crippen LogP contribution in [0.2, 0.25) is 0 Å². The third-order valence-corrected chi connectivity index (χ3v) is 4.13. The maximum Gasteiger partial charge on any atom is 0.161 e. The van der Waals surface area contributed by atoms with Crippen LogP contribution in [-0.4, -0.2) is 26.6 Å². The van der Waals surface area contributed by atoms with Crippen molar-refractivity contribution >= 4 is 17.1 Å². The van der Waals surface area contributed by atoms with Gasteiger partial charge in [-0.05, 0) is 42.5 Å². The molecule has 0 saturated heterocycles. The molecule has 0 spiro atoms. The lowest BCUT2D eigenvalue weighted by Gasteiger charge is -2.12. The van der Waals surface area contributed by atoms with Gasteiger partial charge in [-0.15, -0.1) is 0 Å².